The van der Waals surface area contributed by atoms with E-state index in [4.69, 9.17) is 9.47 Å². The first-order valence-electron chi connectivity index (χ1n) is 16.7. The highest BCUT2D eigenvalue weighted by molar-refractivity contribution is 5.82. The van der Waals surface area contributed by atoms with Crippen LogP contribution in [0.15, 0.2) is 135 Å². The molecule has 0 bridgehead atoms. The summed E-state index contributed by atoms with van der Waals surface area (Å²) in [6.45, 7) is 13.8. The molecule has 0 saturated carbocycles. The highest BCUT2D eigenvalue weighted by Crippen LogP contribution is 2.37. The molecular formula is C44H43NO4. The van der Waals surface area contributed by atoms with Crippen molar-refractivity contribution in [2.75, 3.05) is 18.1 Å². The van der Waals surface area contributed by atoms with Crippen molar-refractivity contribution >= 4 is 29.0 Å². The Kier molecular flexibility index (Phi) is 11.6. The van der Waals surface area contributed by atoms with E-state index in [0.717, 1.165) is 57.9 Å². The molecule has 0 fully saturated rings. The Balaban J connectivity index is 1.44. The van der Waals surface area contributed by atoms with Gasteiger partial charge in [0.05, 0.1) is 13.2 Å². The Morgan fingerprint density at radius 1 is 0.571 bits per heavy atom. The van der Waals surface area contributed by atoms with Crippen LogP contribution in [-0.2, 0) is 38.3 Å². The van der Waals surface area contributed by atoms with Crippen molar-refractivity contribution in [1.82, 2.24) is 0 Å². The lowest BCUT2D eigenvalue weighted by molar-refractivity contribution is -0.138. The molecule has 0 aromatic heterocycles. The smallest absolute Gasteiger partial charge is 0.330 e. The van der Waals surface area contributed by atoms with E-state index in [9.17, 15) is 9.59 Å². The van der Waals surface area contributed by atoms with E-state index in [1.165, 1.54) is 27.8 Å². The summed E-state index contributed by atoms with van der Waals surface area (Å²) >= 11 is 0. The minimum Gasteiger partial charge on any atom is -0.462 e. The number of carbonyl (C=O) groups excluding carboxylic acids is 2. The largest absolute Gasteiger partial charge is 0.462 e. The van der Waals surface area contributed by atoms with Gasteiger partial charge in [0, 0.05) is 42.1 Å². The third-order valence-electron chi connectivity index (χ3n) is 8.80. The average Bonchev–Trinajstić information content (AvgIpc) is 3.14. The van der Waals surface area contributed by atoms with Crippen molar-refractivity contribution in [2.24, 2.45) is 0 Å². The summed E-state index contributed by atoms with van der Waals surface area (Å²) in [6, 6.07) is 38.9. The van der Waals surface area contributed by atoms with Gasteiger partial charge in [-0.15, -0.1) is 0 Å². The SMILES string of the molecule is C=CC(=O)OCCc1ccc(-c2ccc(N(c3ccc(-c4ccc(CC)cc4)cc3)c3ccc(C)c(C)c3)cc2)cc1CCOC(=O)C=C. The minimum atomic E-state index is -0.457. The van der Waals surface area contributed by atoms with Gasteiger partial charge >= 0.3 is 11.9 Å². The summed E-state index contributed by atoms with van der Waals surface area (Å²) in [5.41, 5.74) is 13.6. The maximum Gasteiger partial charge on any atom is 0.330 e. The quantitative estimate of drug-likeness (QED) is 0.0885. The van der Waals surface area contributed by atoms with Gasteiger partial charge in [-0.1, -0.05) is 92.9 Å². The standard InChI is InChI=1S/C44H43NO4/c1-6-33-10-12-34(13-11-33)35-16-21-40(22-17-35)45(42-20-9-31(4)32(5)29-42)41-23-18-36(19-24-41)38-15-14-37(25-27-48-43(46)7-2)39(30-38)26-28-49-44(47)8-3/h7-24,29-30H,2-3,6,25-28H2,1,4-5H3. The van der Waals surface area contributed by atoms with Crippen molar-refractivity contribution in [2.45, 2.75) is 40.0 Å². The second kappa shape index (κ2) is 16.4. The number of hydrogen-bond acceptors (Lipinski definition) is 5. The zero-order chi connectivity index (χ0) is 34.8. The lowest BCUT2D eigenvalue weighted by Crippen LogP contribution is -2.10. The van der Waals surface area contributed by atoms with Crippen LogP contribution in [0.2, 0.25) is 0 Å². The van der Waals surface area contributed by atoms with Gasteiger partial charge < -0.3 is 14.4 Å². The summed E-state index contributed by atoms with van der Waals surface area (Å²) < 4.78 is 10.5. The van der Waals surface area contributed by atoms with Gasteiger partial charge in [0.1, 0.15) is 0 Å². The molecule has 5 nitrogen and oxygen atoms in total. The first kappa shape index (κ1) is 34.6. The molecule has 0 N–H and O–H groups in total. The fraction of sp³-hybridized carbons (Fsp3) is 0.182. The van der Waals surface area contributed by atoms with Crippen LogP contribution in [0.4, 0.5) is 17.1 Å². The van der Waals surface area contributed by atoms with Gasteiger partial charge in [0.25, 0.3) is 0 Å². The summed E-state index contributed by atoms with van der Waals surface area (Å²) in [4.78, 5) is 25.5. The molecular weight excluding hydrogens is 606 g/mol. The minimum absolute atomic E-state index is 0.223. The molecule has 0 saturated heterocycles. The van der Waals surface area contributed by atoms with E-state index in [2.05, 4.69) is 142 Å². The molecule has 0 aliphatic carbocycles. The number of benzene rings is 5. The predicted molar refractivity (Wildman–Crippen MR) is 201 cm³/mol. The van der Waals surface area contributed by atoms with Gasteiger partial charge in [0.2, 0.25) is 0 Å². The Morgan fingerprint density at radius 3 is 1.55 bits per heavy atom. The number of hydrogen-bond donors (Lipinski definition) is 0. The highest BCUT2D eigenvalue weighted by Gasteiger charge is 2.15. The maximum absolute atomic E-state index is 11.7. The second-order valence-electron chi connectivity index (χ2n) is 12.0. The molecule has 0 aliphatic heterocycles. The van der Waals surface area contributed by atoms with Crippen molar-refractivity contribution in [3.05, 3.63) is 162 Å². The zero-order valence-corrected chi connectivity index (χ0v) is 28.6. The van der Waals surface area contributed by atoms with Gasteiger partial charge in [-0.3, -0.25) is 0 Å². The molecule has 0 spiro atoms. The number of ether oxygens (including phenoxy) is 2. The van der Waals surface area contributed by atoms with E-state index in [1.54, 1.807) is 0 Å². The van der Waals surface area contributed by atoms with Gasteiger partial charge in [-0.25, -0.2) is 9.59 Å². The van der Waals surface area contributed by atoms with Crippen LogP contribution < -0.4 is 4.90 Å². The van der Waals surface area contributed by atoms with Gasteiger partial charge in [0.15, 0.2) is 0 Å². The maximum atomic E-state index is 11.7. The topological polar surface area (TPSA) is 55.8 Å². The molecule has 0 aliphatic rings. The third-order valence-corrected chi connectivity index (χ3v) is 8.80. The second-order valence-corrected chi connectivity index (χ2v) is 12.0. The van der Waals surface area contributed by atoms with Crippen LogP contribution in [0.5, 0.6) is 0 Å². The van der Waals surface area contributed by atoms with Crippen LogP contribution >= 0.6 is 0 Å². The highest BCUT2D eigenvalue weighted by atomic mass is 16.5. The number of nitrogens with zero attached hydrogens (tertiary/aromatic N) is 1. The number of aryl methyl sites for hydroxylation is 3. The van der Waals surface area contributed by atoms with Crippen LogP contribution in [-0.4, -0.2) is 25.2 Å². The lowest BCUT2D eigenvalue weighted by Gasteiger charge is -2.26. The lowest BCUT2D eigenvalue weighted by atomic mass is 9.96. The summed E-state index contributed by atoms with van der Waals surface area (Å²) in [5.74, 6) is -0.910. The molecule has 5 heteroatoms. The average molecular weight is 650 g/mol. The van der Waals surface area contributed by atoms with E-state index >= 15 is 0 Å². The fourth-order valence-corrected chi connectivity index (χ4v) is 5.77. The molecule has 49 heavy (non-hydrogen) atoms. The first-order chi connectivity index (χ1) is 23.8. The first-order valence-corrected chi connectivity index (χ1v) is 16.7. The molecule has 0 heterocycles. The van der Waals surface area contributed by atoms with E-state index in [-0.39, 0.29) is 13.2 Å². The summed E-state index contributed by atoms with van der Waals surface area (Å²) in [5, 5.41) is 0. The van der Waals surface area contributed by atoms with Crippen molar-refractivity contribution in [3.8, 4) is 22.3 Å². The number of rotatable bonds is 14. The van der Waals surface area contributed by atoms with E-state index in [1.807, 2.05) is 6.07 Å². The zero-order valence-electron chi connectivity index (χ0n) is 28.6. The third kappa shape index (κ3) is 8.82. The molecule has 5 aromatic rings. The molecule has 0 amide bonds. The van der Waals surface area contributed by atoms with Crippen LogP contribution in [0.25, 0.3) is 22.3 Å². The van der Waals surface area contributed by atoms with Crippen LogP contribution in [0.1, 0.15) is 34.7 Å². The fourth-order valence-electron chi connectivity index (χ4n) is 5.77. The Hall–Kier alpha value is -5.68. The molecule has 5 aromatic carbocycles. The Morgan fingerprint density at radius 2 is 1.04 bits per heavy atom. The molecule has 0 radical (unpaired) electrons. The monoisotopic (exact) mass is 649 g/mol. The molecule has 0 atom stereocenters. The van der Waals surface area contributed by atoms with E-state index in [0.29, 0.717) is 12.8 Å². The molecule has 5 rings (SSSR count). The summed E-state index contributed by atoms with van der Waals surface area (Å²) in [7, 11) is 0. The number of anilines is 3. The van der Waals surface area contributed by atoms with Crippen molar-refractivity contribution in [3.63, 3.8) is 0 Å². The Labute approximate surface area is 290 Å². The molecule has 248 valence electrons. The predicted octanol–water partition coefficient (Wildman–Crippen LogP) is 10.2. The van der Waals surface area contributed by atoms with Gasteiger partial charge in [-0.05, 0) is 107 Å². The van der Waals surface area contributed by atoms with Crippen LogP contribution in [0.3, 0.4) is 0 Å². The number of carbonyl (C=O) groups is 2. The van der Waals surface area contributed by atoms with Gasteiger partial charge in [-0.2, -0.15) is 0 Å². The summed E-state index contributed by atoms with van der Waals surface area (Å²) in [6.07, 6.45) is 4.41. The van der Waals surface area contributed by atoms with E-state index < -0.39 is 11.9 Å². The Bertz CT molecular complexity index is 1920. The molecule has 0 unspecified atom stereocenters. The van der Waals surface area contributed by atoms with Crippen molar-refractivity contribution < 1.29 is 19.1 Å². The number of esters is 2. The van der Waals surface area contributed by atoms with Crippen LogP contribution in [0, 0.1) is 13.8 Å². The van der Waals surface area contributed by atoms with Crippen molar-refractivity contribution in [1.29, 1.82) is 0 Å². The normalized spacial score (nSPS) is 10.7.